The van der Waals surface area contributed by atoms with Crippen molar-refractivity contribution in [3.8, 4) is 11.1 Å². The van der Waals surface area contributed by atoms with Crippen LogP contribution in [0.15, 0.2) is 87.0 Å². The molecule has 1 aromatic heterocycles. The van der Waals surface area contributed by atoms with Crippen molar-refractivity contribution in [2.24, 2.45) is 0 Å². The molecular weight excluding hydrogens is 490 g/mol. The number of fused-ring (bicyclic) bond motifs is 1. The van der Waals surface area contributed by atoms with Crippen molar-refractivity contribution < 1.29 is 13.2 Å². The minimum atomic E-state index is -3.32. The highest BCUT2D eigenvalue weighted by atomic mass is 79.9. The van der Waals surface area contributed by atoms with E-state index in [4.69, 9.17) is 0 Å². The van der Waals surface area contributed by atoms with Gasteiger partial charge in [0.1, 0.15) is 0 Å². The molecule has 0 fully saturated rings. The Bertz CT molecular complexity index is 1510. The Morgan fingerprint density at radius 1 is 0.938 bits per heavy atom. The molecule has 0 bridgehead atoms. The summed E-state index contributed by atoms with van der Waals surface area (Å²) in [7, 11) is -3.32. The fourth-order valence-electron chi connectivity index (χ4n) is 3.86. The molecule has 4 aromatic rings. The lowest BCUT2D eigenvalue weighted by atomic mass is 9.95. The van der Waals surface area contributed by atoms with Crippen LogP contribution in [0.4, 0.5) is 0 Å². The third-order valence-corrected chi connectivity index (χ3v) is 6.94. The normalized spacial score (nSPS) is 11.6. The number of carbonyl (C=O) groups excluding carboxylic acids is 1. The van der Waals surface area contributed by atoms with Gasteiger partial charge in [0, 0.05) is 28.6 Å². The van der Waals surface area contributed by atoms with Crippen molar-refractivity contribution in [1.82, 2.24) is 4.57 Å². The zero-order valence-corrected chi connectivity index (χ0v) is 19.9. The Morgan fingerprint density at radius 3 is 2.19 bits per heavy atom. The number of hydrogen-bond acceptors (Lipinski definition) is 4. The van der Waals surface area contributed by atoms with Gasteiger partial charge in [0.2, 0.25) is 0 Å². The molecule has 4 rings (SSSR count). The molecule has 162 valence electrons. The van der Waals surface area contributed by atoms with Crippen molar-refractivity contribution in [2.75, 3.05) is 6.26 Å². The number of aromatic nitrogens is 1. The highest BCUT2D eigenvalue weighted by Gasteiger charge is 2.21. The van der Waals surface area contributed by atoms with Crippen LogP contribution in [0, 0.1) is 0 Å². The second-order valence-electron chi connectivity index (χ2n) is 7.64. The summed E-state index contributed by atoms with van der Waals surface area (Å²) in [5.41, 5.74) is 2.30. The number of Topliss-reactive ketones (excluding diaryl/α,β-unsaturated/α-hetero) is 1. The lowest BCUT2D eigenvalue weighted by molar-refractivity contribution is 0.100. The lowest BCUT2D eigenvalue weighted by Gasteiger charge is -2.19. The van der Waals surface area contributed by atoms with Crippen LogP contribution in [0.5, 0.6) is 0 Å². The summed E-state index contributed by atoms with van der Waals surface area (Å²) in [6.07, 6.45) is 1.15. The number of pyridine rings is 1. The van der Waals surface area contributed by atoms with Crippen molar-refractivity contribution >= 4 is 42.3 Å². The molecule has 0 aliphatic carbocycles. The SMILES string of the molecule is CC(=O)c1c(-c2ccccc2)c2cc(Br)ccc2c(=O)n1Cc1ccc(S(C)(=O)=O)cc1. The smallest absolute Gasteiger partial charge is 0.259 e. The summed E-state index contributed by atoms with van der Waals surface area (Å²) in [6, 6.07) is 21.3. The quantitative estimate of drug-likeness (QED) is 0.351. The van der Waals surface area contributed by atoms with E-state index in [1.165, 1.54) is 23.6 Å². The van der Waals surface area contributed by atoms with Crippen LogP contribution in [0.2, 0.25) is 0 Å². The van der Waals surface area contributed by atoms with E-state index < -0.39 is 9.84 Å². The monoisotopic (exact) mass is 509 g/mol. The van der Waals surface area contributed by atoms with E-state index in [2.05, 4.69) is 15.9 Å². The van der Waals surface area contributed by atoms with Gasteiger partial charge in [-0.1, -0.05) is 58.4 Å². The van der Waals surface area contributed by atoms with Crippen LogP contribution >= 0.6 is 15.9 Å². The Hall–Kier alpha value is -3.03. The van der Waals surface area contributed by atoms with Gasteiger partial charge in [-0.2, -0.15) is 0 Å². The summed E-state index contributed by atoms with van der Waals surface area (Å²) in [6.45, 7) is 1.60. The van der Waals surface area contributed by atoms with Crippen LogP contribution < -0.4 is 5.56 Å². The van der Waals surface area contributed by atoms with Crippen LogP contribution in [-0.4, -0.2) is 25.0 Å². The van der Waals surface area contributed by atoms with E-state index in [1.807, 2.05) is 36.4 Å². The number of carbonyl (C=O) groups is 1. The summed E-state index contributed by atoms with van der Waals surface area (Å²) >= 11 is 3.48. The first-order chi connectivity index (χ1) is 15.2. The summed E-state index contributed by atoms with van der Waals surface area (Å²) in [5.74, 6) is -0.226. The third kappa shape index (κ3) is 4.18. The minimum Gasteiger partial charge on any atom is -0.300 e. The Morgan fingerprint density at radius 2 is 1.59 bits per heavy atom. The van der Waals surface area contributed by atoms with Crippen LogP contribution in [0.3, 0.4) is 0 Å². The summed E-state index contributed by atoms with van der Waals surface area (Å²) in [4.78, 5) is 26.5. The maximum Gasteiger partial charge on any atom is 0.259 e. The van der Waals surface area contributed by atoms with E-state index in [0.29, 0.717) is 22.0 Å². The molecule has 3 aromatic carbocycles. The molecule has 0 saturated carbocycles. The highest BCUT2D eigenvalue weighted by molar-refractivity contribution is 9.10. The van der Waals surface area contributed by atoms with Gasteiger partial charge in [0.05, 0.1) is 17.1 Å². The molecule has 0 saturated heterocycles. The predicted molar refractivity (Wildman–Crippen MR) is 130 cm³/mol. The third-order valence-electron chi connectivity index (χ3n) is 5.32. The predicted octanol–water partition coefficient (Wildman–Crippen LogP) is 5.09. The molecular formula is C25H20BrNO4S. The van der Waals surface area contributed by atoms with Crippen molar-refractivity contribution in [3.63, 3.8) is 0 Å². The fraction of sp³-hybridized carbons (Fsp3) is 0.120. The number of hydrogen-bond donors (Lipinski definition) is 0. The van der Waals surface area contributed by atoms with E-state index in [9.17, 15) is 18.0 Å². The average molecular weight is 510 g/mol. The zero-order valence-electron chi connectivity index (χ0n) is 17.5. The van der Waals surface area contributed by atoms with Crippen molar-refractivity contribution in [3.05, 3.63) is 98.9 Å². The van der Waals surface area contributed by atoms with Gasteiger partial charge in [-0.05, 0) is 46.8 Å². The molecule has 0 N–H and O–H groups in total. The Balaban J connectivity index is 2.02. The molecule has 1 heterocycles. The maximum atomic E-state index is 13.5. The van der Waals surface area contributed by atoms with E-state index in [1.54, 1.807) is 24.3 Å². The number of benzene rings is 3. The van der Waals surface area contributed by atoms with Crippen LogP contribution in [-0.2, 0) is 16.4 Å². The molecule has 32 heavy (non-hydrogen) atoms. The average Bonchev–Trinajstić information content (AvgIpc) is 2.75. The number of ketones is 1. The molecule has 0 amide bonds. The fourth-order valence-corrected chi connectivity index (χ4v) is 4.85. The second-order valence-corrected chi connectivity index (χ2v) is 10.6. The molecule has 7 heteroatoms. The molecule has 0 radical (unpaired) electrons. The molecule has 5 nitrogen and oxygen atoms in total. The summed E-state index contributed by atoms with van der Waals surface area (Å²) < 4.78 is 25.8. The van der Waals surface area contributed by atoms with Crippen molar-refractivity contribution in [1.29, 1.82) is 0 Å². The number of halogens is 1. The number of sulfone groups is 1. The lowest BCUT2D eigenvalue weighted by Crippen LogP contribution is -2.27. The van der Waals surface area contributed by atoms with Crippen molar-refractivity contribution in [2.45, 2.75) is 18.4 Å². The van der Waals surface area contributed by atoms with E-state index >= 15 is 0 Å². The van der Waals surface area contributed by atoms with E-state index in [0.717, 1.165) is 21.9 Å². The van der Waals surface area contributed by atoms with Gasteiger partial charge in [0.25, 0.3) is 5.56 Å². The number of rotatable bonds is 5. The molecule has 0 aliphatic heterocycles. The topological polar surface area (TPSA) is 73.2 Å². The largest absolute Gasteiger partial charge is 0.300 e. The molecule has 0 unspecified atom stereocenters. The van der Waals surface area contributed by atoms with Crippen LogP contribution in [0.1, 0.15) is 23.0 Å². The van der Waals surface area contributed by atoms with E-state index in [-0.39, 0.29) is 22.8 Å². The first kappa shape index (κ1) is 22.2. The number of nitrogens with zero attached hydrogens (tertiary/aromatic N) is 1. The standard InChI is InChI=1S/C25H20BrNO4S/c1-16(28)24-23(18-6-4-3-5-7-18)22-14-19(26)10-13-21(22)25(29)27(24)15-17-8-11-20(12-9-17)32(2,30)31/h3-14H,15H2,1-2H3. The molecule has 0 spiro atoms. The van der Waals surface area contributed by atoms with Gasteiger partial charge in [-0.3, -0.25) is 14.2 Å². The highest BCUT2D eigenvalue weighted by Crippen LogP contribution is 2.33. The summed E-state index contributed by atoms with van der Waals surface area (Å²) in [5, 5.41) is 1.20. The molecule has 0 atom stereocenters. The zero-order chi connectivity index (χ0) is 23.0. The van der Waals surface area contributed by atoms with Gasteiger partial charge >= 0.3 is 0 Å². The van der Waals surface area contributed by atoms with Gasteiger partial charge < -0.3 is 0 Å². The second kappa shape index (κ2) is 8.48. The maximum absolute atomic E-state index is 13.5. The Kier molecular flexibility index (Phi) is 5.88. The Labute approximate surface area is 194 Å². The molecule has 0 aliphatic rings. The van der Waals surface area contributed by atoms with Gasteiger partial charge in [-0.15, -0.1) is 0 Å². The van der Waals surface area contributed by atoms with Gasteiger partial charge in [-0.25, -0.2) is 8.42 Å². The minimum absolute atomic E-state index is 0.142. The first-order valence-electron chi connectivity index (χ1n) is 9.88. The van der Waals surface area contributed by atoms with Gasteiger partial charge in [0.15, 0.2) is 15.6 Å². The van der Waals surface area contributed by atoms with Crippen LogP contribution in [0.25, 0.3) is 21.9 Å². The first-order valence-corrected chi connectivity index (χ1v) is 12.6.